The first-order chi connectivity index (χ1) is 19.0. The van der Waals surface area contributed by atoms with Gasteiger partial charge in [0.05, 0.1) is 33.9 Å². The van der Waals surface area contributed by atoms with Crippen LogP contribution < -0.4 is 4.90 Å². The van der Waals surface area contributed by atoms with Gasteiger partial charge >= 0.3 is 12.1 Å². The summed E-state index contributed by atoms with van der Waals surface area (Å²) < 4.78 is 39.2. The van der Waals surface area contributed by atoms with E-state index in [9.17, 15) is 38.0 Å². The highest BCUT2D eigenvalue weighted by Crippen LogP contribution is 2.42. The zero-order valence-electron chi connectivity index (χ0n) is 22.0. The molecule has 2 aliphatic rings. The number of imide groups is 1. The van der Waals surface area contributed by atoms with Gasteiger partial charge in [-0.05, 0) is 61.1 Å². The van der Waals surface area contributed by atoms with Crippen molar-refractivity contribution in [3.8, 4) is 12.1 Å². The highest BCUT2D eigenvalue weighted by atomic mass is 32.2. The smallest absolute Gasteiger partial charge is 0.337 e. The number of allylic oxidation sites excluding steroid dienone is 1. The number of likely N-dealkylation sites (tertiary alicyclic amines) is 1. The number of anilines is 1. The summed E-state index contributed by atoms with van der Waals surface area (Å²) in [5, 5.41) is 29.2. The van der Waals surface area contributed by atoms with Crippen LogP contribution in [0.3, 0.4) is 0 Å². The fraction of sp³-hybridized carbons (Fsp3) is 0.357. The van der Waals surface area contributed by atoms with Crippen molar-refractivity contribution in [1.82, 2.24) is 9.80 Å². The number of piperidine rings is 1. The van der Waals surface area contributed by atoms with Gasteiger partial charge in [-0.3, -0.25) is 4.90 Å². The summed E-state index contributed by atoms with van der Waals surface area (Å²) in [4.78, 5) is 31.4. The number of sulfone groups is 1. The molecular formula is C28H28FN5O5S. The maximum Gasteiger partial charge on any atom is 0.337 e. The van der Waals surface area contributed by atoms with E-state index in [1.165, 1.54) is 36.1 Å². The number of hydrogen-bond acceptors (Lipinski definition) is 7. The summed E-state index contributed by atoms with van der Waals surface area (Å²) >= 11 is 0. The molecule has 1 saturated heterocycles. The minimum atomic E-state index is -3.97. The largest absolute Gasteiger partial charge is 0.396 e. The van der Waals surface area contributed by atoms with Crippen LogP contribution in [0.2, 0.25) is 0 Å². The number of nitrogens with zero attached hydrogens (tertiary/aromatic N) is 5. The third-order valence-electron chi connectivity index (χ3n) is 7.28. The van der Waals surface area contributed by atoms with Gasteiger partial charge in [0.1, 0.15) is 12.7 Å². The zero-order valence-corrected chi connectivity index (χ0v) is 22.9. The van der Waals surface area contributed by atoms with Gasteiger partial charge in [-0.25, -0.2) is 27.3 Å². The third-order valence-corrected chi connectivity index (χ3v) is 8.44. The van der Waals surface area contributed by atoms with Crippen LogP contribution in [0.1, 0.15) is 42.5 Å². The Hall–Kier alpha value is -4.26. The van der Waals surface area contributed by atoms with E-state index < -0.39 is 34.6 Å². The summed E-state index contributed by atoms with van der Waals surface area (Å²) in [7, 11) is -3.97. The van der Waals surface area contributed by atoms with Crippen molar-refractivity contribution in [3.63, 3.8) is 0 Å². The van der Waals surface area contributed by atoms with Gasteiger partial charge in [0, 0.05) is 31.6 Å². The van der Waals surface area contributed by atoms with E-state index in [1.54, 1.807) is 12.1 Å². The molecule has 0 bridgehead atoms. The fourth-order valence-electron chi connectivity index (χ4n) is 5.13. The lowest BCUT2D eigenvalue weighted by Crippen LogP contribution is -2.57. The third kappa shape index (κ3) is 5.28. The van der Waals surface area contributed by atoms with Gasteiger partial charge in [0.15, 0.2) is 9.84 Å². The maximum atomic E-state index is 14.2. The Morgan fingerprint density at radius 3 is 2.40 bits per heavy atom. The molecule has 208 valence electrons. The Morgan fingerprint density at radius 1 is 1.12 bits per heavy atom. The molecule has 12 heteroatoms. The number of halogens is 1. The van der Waals surface area contributed by atoms with Crippen molar-refractivity contribution in [2.75, 3.05) is 30.9 Å². The van der Waals surface area contributed by atoms with Crippen molar-refractivity contribution >= 4 is 27.6 Å². The first kappa shape index (κ1) is 28.7. The van der Waals surface area contributed by atoms with Crippen LogP contribution in [0.4, 0.5) is 19.7 Å². The number of amides is 4. The molecule has 4 amide bonds. The van der Waals surface area contributed by atoms with Gasteiger partial charge < -0.3 is 10.0 Å². The van der Waals surface area contributed by atoms with Crippen LogP contribution in [-0.4, -0.2) is 61.3 Å². The molecular weight excluding hydrogens is 537 g/mol. The molecule has 2 aliphatic heterocycles. The maximum absolute atomic E-state index is 14.2. The molecule has 0 saturated carbocycles. The number of benzene rings is 2. The van der Waals surface area contributed by atoms with Crippen molar-refractivity contribution < 1.29 is 27.5 Å². The first-order valence-corrected chi connectivity index (χ1v) is 14.5. The Bertz CT molecular complexity index is 1570. The summed E-state index contributed by atoms with van der Waals surface area (Å²) in [5.41, 5.74) is 0.678. The molecule has 0 radical (unpaired) electrons. The molecule has 1 N–H and O–H groups in total. The Balaban J connectivity index is 1.96. The average molecular weight is 566 g/mol. The molecule has 1 fully saturated rings. The van der Waals surface area contributed by atoms with Crippen LogP contribution in [0.5, 0.6) is 0 Å². The molecule has 2 aromatic rings. The van der Waals surface area contributed by atoms with Crippen LogP contribution in [0.25, 0.3) is 0 Å². The number of urea groups is 2. The first-order valence-electron chi connectivity index (χ1n) is 12.6. The molecule has 0 aliphatic carbocycles. The normalized spacial score (nSPS) is 18.5. The second kappa shape index (κ2) is 11.5. The Morgan fingerprint density at radius 2 is 1.82 bits per heavy atom. The molecule has 2 aromatic carbocycles. The predicted molar refractivity (Wildman–Crippen MR) is 143 cm³/mol. The topological polar surface area (TPSA) is 146 Å². The van der Waals surface area contributed by atoms with E-state index in [0.29, 0.717) is 12.8 Å². The second-order valence-corrected chi connectivity index (χ2v) is 11.8. The van der Waals surface area contributed by atoms with E-state index in [-0.39, 0.29) is 64.2 Å². The van der Waals surface area contributed by atoms with Crippen LogP contribution in [-0.2, 0) is 16.5 Å². The minimum absolute atomic E-state index is 0.00139. The second-order valence-electron chi connectivity index (χ2n) is 9.84. The molecule has 1 atom stereocenters. The Labute approximate surface area is 232 Å². The standard InChI is InChI=1S/C28H28FN5O5S/c1-18-24(16-31)26(23-7-6-21(15-30)13-25(23)40(2,38)39)34(27(36)32-10-8-19(17-35)9-11-32)28(37)33(18)22-5-3-4-20(12-22)14-29/h3-7,12-13,19,26,35H,8-11,14,17H2,1-2H3/t26-/m1/s1. The van der Waals surface area contributed by atoms with Crippen LogP contribution >= 0.6 is 0 Å². The minimum Gasteiger partial charge on any atom is -0.396 e. The number of rotatable bonds is 5. The van der Waals surface area contributed by atoms with Gasteiger partial charge in [-0.15, -0.1) is 0 Å². The molecule has 0 aromatic heterocycles. The molecule has 40 heavy (non-hydrogen) atoms. The number of aliphatic hydroxyl groups excluding tert-OH is 1. The van der Waals surface area contributed by atoms with E-state index in [2.05, 4.69) is 6.07 Å². The van der Waals surface area contributed by atoms with Gasteiger partial charge in [0.25, 0.3) is 0 Å². The van der Waals surface area contributed by atoms with Crippen molar-refractivity contribution in [3.05, 3.63) is 70.4 Å². The van der Waals surface area contributed by atoms with Crippen LogP contribution in [0, 0.1) is 28.6 Å². The van der Waals surface area contributed by atoms with E-state index in [4.69, 9.17) is 0 Å². The molecule has 10 nitrogen and oxygen atoms in total. The number of nitriles is 2. The summed E-state index contributed by atoms with van der Waals surface area (Å²) in [6, 6.07) is 10.9. The highest BCUT2D eigenvalue weighted by molar-refractivity contribution is 7.90. The lowest BCUT2D eigenvalue weighted by Gasteiger charge is -2.43. The van der Waals surface area contributed by atoms with Crippen LogP contribution in [0.15, 0.2) is 58.6 Å². The van der Waals surface area contributed by atoms with E-state index in [1.807, 2.05) is 6.07 Å². The summed E-state index contributed by atoms with van der Waals surface area (Å²) in [6.07, 6.45) is 1.95. The lowest BCUT2D eigenvalue weighted by molar-refractivity contribution is 0.112. The number of carbonyl (C=O) groups excluding carboxylic acids is 2. The molecule has 0 unspecified atom stereocenters. The number of carbonyl (C=O) groups is 2. The van der Waals surface area contributed by atoms with Gasteiger partial charge in [-0.1, -0.05) is 18.2 Å². The predicted octanol–water partition coefficient (Wildman–Crippen LogP) is 4.04. The van der Waals surface area contributed by atoms with Crippen molar-refractivity contribution in [1.29, 1.82) is 10.5 Å². The zero-order chi connectivity index (χ0) is 29.2. The molecule has 0 spiro atoms. The quantitative estimate of drug-likeness (QED) is 0.576. The average Bonchev–Trinajstić information content (AvgIpc) is 2.96. The SMILES string of the molecule is CC1=C(C#N)[C@@H](c2ccc(C#N)cc2S(C)(=O)=O)N(C(=O)N2CCC(CO)CC2)C(=O)N1c1cccc(CF)c1. The number of hydrogen-bond donors (Lipinski definition) is 1. The molecule has 2 heterocycles. The number of alkyl halides is 1. The van der Waals surface area contributed by atoms with E-state index in [0.717, 1.165) is 22.1 Å². The van der Waals surface area contributed by atoms with Gasteiger partial charge in [0.2, 0.25) is 0 Å². The number of aliphatic hydroxyl groups is 1. The summed E-state index contributed by atoms with van der Waals surface area (Å²) in [5.74, 6) is 0.00372. The summed E-state index contributed by atoms with van der Waals surface area (Å²) in [6.45, 7) is 1.17. The van der Waals surface area contributed by atoms with Crippen molar-refractivity contribution in [2.24, 2.45) is 5.92 Å². The fourth-order valence-corrected chi connectivity index (χ4v) is 6.08. The molecule has 4 rings (SSSR count). The highest BCUT2D eigenvalue weighted by Gasteiger charge is 2.46. The lowest BCUT2D eigenvalue weighted by atomic mass is 9.92. The Kier molecular flexibility index (Phi) is 8.24. The monoisotopic (exact) mass is 565 g/mol. The van der Waals surface area contributed by atoms with Gasteiger partial charge in [-0.2, -0.15) is 10.5 Å². The van der Waals surface area contributed by atoms with Crippen molar-refractivity contribution in [2.45, 2.75) is 37.4 Å². The van der Waals surface area contributed by atoms with E-state index >= 15 is 0 Å².